The molecule has 13 aliphatic carbocycles. The van der Waals surface area contributed by atoms with E-state index in [0.29, 0.717) is 110 Å². The molecule has 2 spiro atoms. The van der Waals surface area contributed by atoms with Crippen LogP contribution in [0.2, 0.25) is 0 Å². The molecule has 131 heavy (non-hydrogen) atoms. The first-order valence-corrected chi connectivity index (χ1v) is 48.7. The van der Waals surface area contributed by atoms with E-state index < -0.39 is 57.1 Å². The highest BCUT2D eigenvalue weighted by molar-refractivity contribution is 5.99. The quantitative estimate of drug-likeness (QED) is 0.0397. The molecule has 20 aliphatic rings. The van der Waals surface area contributed by atoms with Crippen molar-refractivity contribution in [2.24, 2.45) is 58.6 Å². The summed E-state index contributed by atoms with van der Waals surface area (Å²) in [6.45, 7) is 21.1. The van der Waals surface area contributed by atoms with Crippen LogP contribution in [0.4, 0.5) is 0 Å². The van der Waals surface area contributed by atoms with E-state index in [1.165, 1.54) is 141 Å². The number of quaternary nitrogens is 5. The molecule has 0 aromatic heterocycles. The van der Waals surface area contributed by atoms with Crippen molar-refractivity contribution in [1.29, 1.82) is 0 Å². The fourth-order valence-corrected chi connectivity index (χ4v) is 31.5. The molecule has 22 nitrogen and oxygen atoms in total. The van der Waals surface area contributed by atoms with Gasteiger partial charge >= 0.3 is 0 Å². The first kappa shape index (κ1) is 99.8. The lowest BCUT2D eigenvalue weighted by Crippen LogP contribution is -3.00. The largest absolute Gasteiger partial charge is 1.00 e. The molecular formula is C104H139I5N8O14. The number of likely N-dealkylation sites (N-methyl/N-ethyl adjacent to an activating group) is 5. The normalized spacial score (nSPS) is 40.0. The monoisotopic (exact) mass is 2360 g/mol. The number of carbonyl (C=O) groups excluding carboxylic acids is 6. The summed E-state index contributed by atoms with van der Waals surface area (Å²) in [4.78, 5) is 73.8. The summed E-state index contributed by atoms with van der Waals surface area (Å²) in [6.07, 6.45) is 24.0. The Morgan fingerprint density at radius 2 is 0.786 bits per heavy atom. The van der Waals surface area contributed by atoms with Crippen LogP contribution in [0, 0.1) is 41.4 Å². The summed E-state index contributed by atoms with van der Waals surface area (Å²) >= 11 is 0. The Balaban J connectivity index is 0.000000119. The Morgan fingerprint density at radius 3 is 1.24 bits per heavy atom. The van der Waals surface area contributed by atoms with Gasteiger partial charge in [-0.05, 0) is 165 Å². The highest BCUT2D eigenvalue weighted by atomic mass is 127. The van der Waals surface area contributed by atoms with Crippen LogP contribution in [0.1, 0.15) is 256 Å². The van der Waals surface area contributed by atoms with Gasteiger partial charge in [0, 0.05) is 170 Å². The molecule has 10 bridgehead atoms. The summed E-state index contributed by atoms with van der Waals surface area (Å²) < 4.78 is 17.4. The zero-order valence-electron chi connectivity index (χ0n) is 78.0. The Kier molecular flexibility index (Phi) is 26.2. The van der Waals surface area contributed by atoms with E-state index in [4.69, 9.17) is 26.7 Å². The van der Waals surface area contributed by atoms with Gasteiger partial charge in [-0.2, -0.15) is 0 Å². The number of carbonyl (C=O) groups is 6. The van der Waals surface area contributed by atoms with Gasteiger partial charge in [-0.1, -0.05) is 58.0 Å². The minimum absolute atomic E-state index is 0. The number of Topliss-reactive ketones (excluding diaryl/α,β-unsaturated/α-hetero) is 3. The van der Waals surface area contributed by atoms with E-state index in [2.05, 4.69) is 81.1 Å². The van der Waals surface area contributed by atoms with Crippen molar-refractivity contribution in [3.8, 4) is 28.7 Å². The topological polar surface area (TPSA) is 320 Å². The molecule has 3 amide bonds. The van der Waals surface area contributed by atoms with Crippen molar-refractivity contribution >= 4 is 35.1 Å². The third kappa shape index (κ3) is 15.2. The number of nitrogens with two attached hydrogens (primary N) is 3. The van der Waals surface area contributed by atoms with Gasteiger partial charge in [-0.25, -0.2) is 0 Å². The number of nitrogens with zero attached hydrogens (tertiary/aromatic N) is 5. The molecule has 9 unspecified atom stereocenters. The van der Waals surface area contributed by atoms with Gasteiger partial charge in [0.05, 0.1) is 135 Å². The van der Waals surface area contributed by atoms with Crippen LogP contribution in [-0.4, -0.2) is 248 Å². The lowest BCUT2D eigenvalue weighted by atomic mass is 9.48. The third-order valence-corrected chi connectivity index (χ3v) is 39.5. The number of benzene rings is 5. The van der Waals surface area contributed by atoms with E-state index in [1.54, 1.807) is 18.2 Å². The number of halogens is 5. The molecule has 8 saturated carbocycles. The number of likely N-dealkylation sites (tertiary alicyclic amines) is 5. The van der Waals surface area contributed by atoms with Crippen LogP contribution in [0.25, 0.3) is 0 Å². The average Bonchev–Trinajstić information content (AvgIpc) is 1.57. The maximum atomic E-state index is 12.9. The van der Waals surface area contributed by atoms with Crippen molar-refractivity contribution in [3.63, 3.8) is 0 Å². The lowest BCUT2D eigenvalue weighted by molar-refractivity contribution is -0.950. The highest BCUT2D eigenvalue weighted by Crippen LogP contribution is 2.69. The number of phenolic OH excluding ortho intramolecular Hbond substituents is 2. The fraction of sp³-hybridized carbons (Fsp3) is 0.654. The van der Waals surface area contributed by atoms with E-state index in [1.807, 2.05) is 36.4 Å². The van der Waals surface area contributed by atoms with Gasteiger partial charge < -0.3 is 200 Å². The lowest BCUT2D eigenvalue weighted by Gasteiger charge is -2.65. The average molecular weight is 2360 g/mol. The molecular weight excluding hydrogens is 2220 g/mol. The zero-order chi connectivity index (χ0) is 88.5. The number of fused-ring (bicyclic) bond motifs is 9. The zero-order valence-corrected chi connectivity index (χ0v) is 88.8. The van der Waals surface area contributed by atoms with Gasteiger partial charge in [-0.3, -0.25) is 28.8 Å². The Labute approximate surface area is 858 Å². The number of piperidine rings is 5. The first-order chi connectivity index (χ1) is 59.6. The van der Waals surface area contributed by atoms with Crippen LogP contribution in [0.15, 0.2) is 72.8 Å². The first-order valence-electron chi connectivity index (χ1n) is 48.7. The molecule has 7 heterocycles. The van der Waals surface area contributed by atoms with Crippen molar-refractivity contribution in [2.75, 3.05) is 101 Å². The molecule has 25 rings (SSSR count). The van der Waals surface area contributed by atoms with E-state index in [-0.39, 0.29) is 196 Å². The molecule has 13 fully saturated rings. The van der Waals surface area contributed by atoms with Gasteiger partial charge in [-0.15, -0.1) is 0 Å². The molecule has 7 aliphatic heterocycles. The molecule has 5 saturated heterocycles. The van der Waals surface area contributed by atoms with Crippen LogP contribution in [0.3, 0.4) is 0 Å². The second-order valence-corrected chi connectivity index (χ2v) is 46.7. The van der Waals surface area contributed by atoms with E-state index >= 15 is 0 Å². The maximum Gasteiger partial charge on any atom is 0.252 e. The van der Waals surface area contributed by atoms with E-state index in [9.17, 15) is 59.4 Å². The Bertz CT molecular complexity index is 5460. The van der Waals surface area contributed by atoms with Crippen LogP contribution in [0.5, 0.6) is 28.7 Å². The number of rotatable bonds is 13. The predicted molar refractivity (Wildman–Crippen MR) is 476 cm³/mol. The van der Waals surface area contributed by atoms with Crippen molar-refractivity contribution in [1.82, 2.24) is 0 Å². The number of ether oxygens (including phenoxy) is 2. The number of aliphatic hydroxyl groups is 3. The molecule has 5 aromatic carbocycles. The van der Waals surface area contributed by atoms with E-state index in [0.717, 1.165) is 142 Å². The standard InChI is InChI=1S/C22H26N2O4.C22H28N2O4.C21H25NO4.C20H28N2O.C19H27NO.5HI/c1-24(11-12-2-3-12)9-8-21-17-13-4-5-14(20(23)26)18(17)28-19(21)15(25)6-7-22(21,27)16(24)10-13;1-24(12-13-2-3-13)9-8-21-11-15(25)6-7-22(21,28)17(24)10-14-4-5-16(20(23)27)19(26)18(14)21;1-22(11-12-2-3-12)9-8-20-17-13-4-5-14(23)18(17)26-19(20)15(24)6-7-21(20,25)16(22)10-13;1-13-18-11-15-6-7-16(19(21)23)10-17(15)20(13,2)8-9-22(18,3)12-14-4-5-14;1-13-18-10-15-6-7-16(21)11-17(15)19(13,2)8-9-20(18,3)12-14-4-5-14;;;;;/h4-5,12,16,19,27H,2-3,6-11H2,1H3,(H-,23,26);4-5,13,17,28H,2-3,6-12H2,1H3,(H2-,23,26,27);4-5,12,16,19,25H,2-3,6-11H2,1H3;6-7,10,13-14,18H,4-5,8-9,11-12H2,1-3H3,(H-,21,23);6-7,11,13-14,18H,4-5,8-10,12H2,1-3H3;5*1H/t16-,19?,21+,22-,24?;17-,21-,22-,24?;16-,19?,20+,21-,22?;13-,18?,20-,22?;13-,18?,19-,20?;;;;;/m11100...../s1. The van der Waals surface area contributed by atoms with Crippen molar-refractivity contribution in [3.05, 3.63) is 145 Å². The number of hydrogen-bond donors (Lipinski definition) is 9. The molecule has 714 valence electrons. The smallest absolute Gasteiger partial charge is 0.252 e. The summed E-state index contributed by atoms with van der Waals surface area (Å²) in [5.41, 5.74) is 24.3. The second kappa shape index (κ2) is 34.4. The number of amides is 3. The third-order valence-electron chi connectivity index (χ3n) is 39.5. The Hall–Kier alpha value is -4.15. The summed E-state index contributed by atoms with van der Waals surface area (Å²) in [5, 5.41) is 67.9. The minimum atomic E-state index is -1.05. The molecule has 12 N–H and O–H groups in total. The summed E-state index contributed by atoms with van der Waals surface area (Å²) in [6, 6.07) is 24.7. The van der Waals surface area contributed by atoms with Gasteiger partial charge in [0.25, 0.3) is 11.8 Å². The van der Waals surface area contributed by atoms with Crippen LogP contribution >= 0.6 is 0 Å². The maximum absolute atomic E-state index is 12.9. The van der Waals surface area contributed by atoms with Gasteiger partial charge in [0.15, 0.2) is 35.3 Å². The summed E-state index contributed by atoms with van der Waals surface area (Å²) in [5.74, 6) is 5.61. The molecule has 22 atom stereocenters. The number of ketones is 3. The number of hydrogen-bond acceptors (Lipinski definition) is 14. The molecule has 0 radical (unpaired) electrons. The number of phenols is 3. The number of aromatic hydroxyl groups is 3. The highest BCUT2D eigenvalue weighted by Gasteiger charge is 2.79. The van der Waals surface area contributed by atoms with Crippen LogP contribution < -0.4 is 147 Å². The Morgan fingerprint density at radius 1 is 0.412 bits per heavy atom. The number of primary amides is 3. The predicted octanol–water partition coefficient (Wildman–Crippen LogP) is -4.51. The van der Waals surface area contributed by atoms with Gasteiger partial charge in [0.2, 0.25) is 5.91 Å². The molecule has 27 heteroatoms. The second-order valence-electron chi connectivity index (χ2n) is 46.7. The minimum Gasteiger partial charge on any atom is -1.00 e. The fourth-order valence-electron chi connectivity index (χ4n) is 31.5. The van der Waals surface area contributed by atoms with Crippen molar-refractivity contribution < 1.29 is 211 Å². The van der Waals surface area contributed by atoms with Gasteiger partial charge in [0.1, 0.15) is 58.0 Å². The van der Waals surface area contributed by atoms with Crippen molar-refractivity contribution in [2.45, 2.75) is 287 Å². The molecule has 5 aromatic rings. The van der Waals surface area contributed by atoms with Crippen LogP contribution in [-0.2, 0) is 73.6 Å². The summed E-state index contributed by atoms with van der Waals surface area (Å²) in [7, 11) is 11.8. The SMILES string of the molecule is C[C@H]1C2Cc3ccc(C(N)=O)cc3[C@@]1(C)CC[N+]2(C)CC1CC1.C[C@H]1C2Cc3ccc(O)cc3[C@@]1(C)CC[N+]2(C)CC1CC1.C[N+]1(CC2CC2)CC[C@]23CC(=O)CC[C@@]2(O)[C@H]1Cc1ccc(C(N)=O)c(O)c13.C[N+]1(CC2CC2)CC[C@]23c4c5ccc(C(N)=O)c4OC2C(=O)CC[C@@]3(O)[C@H]1C5.C[N+]1(CC2CC2)CC[C@]23c4c5ccc(O)c4OC2C(=O)CC[C@@]3(O)[C@H]1C5.[I-].[I-].[I-].[I-].[I-].